The van der Waals surface area contributed by atoms with Crippen molar-refractivity contribution in [2.45, 2.75) is 25.3 Å². The van der Waals surface area contributed by atoms with E-state index in [4.69, 9.17) is 4.74 Å². The zero-order valence-electron chi connectivity index (χ0n) is 11.1. The predicted octanol–water partition coefficient (Wildman–Crippen LogP) is 2.05. The molecule has 1 N–H and O–H groups in total. The van der Waals surface area contributed by atoms with Crippen LogP contribution in [0, 0.1) is 10.1 Å². The van der Waals surface area contributed by atoms with Gasteiger partial charge in [0, 0.05) is 24.4 Å². The Morgan fingerprint density at radius 3 is 2.85 bits per heavy atom. The molecule has 1 heterocycles. The van der Waals surface area contributed by atoms with Crippen LogP contribution in [0.4, 0.5) is 11.4 Å². The number of benzene rings is 1. The van der Waals surface area contributed by atoms with Crippen molar-refractivity contribution in [1.29, 1.82) is 0 Å². The Morgan fingerprint density at radius 1 is 1.50 bits per heavy atom. The molecule has 108 valence electrons. The van der Waals surface area contributed by atoms with E-state index in [-0.39, 0.29) is 11.4 Å². The number of hydrogen-bond acceptors (Lipinski definition) is 5. The number of carboxylic acid groups (broad SMARTS) is 1. The average Bonchev–Trinajstić information content (AvgIpc) is 2.46. The van der Waals surface area contributed by atoms with Crippen molar-refractivity contribution < 1.29 is 19.6 Å². The number of nitrogens with zero attached hydrogens (tertiary/aromatic N) is 2. The summed E-state index contributed by atoms with van der Waals surface area (Å²) in [7, 11) is 1.36. The lowest BCUT2D eigenvalue weighted by Crippen LogP contribution is -2.44. The number of piperidine rings is 1. The number of carboxylic acids is 1. The molecule has 0 aromatic heterocycles. The minimum atomic E-state index is -0.873. The molecule has 1 unspecified atom stereocenters. The smallest absolute Gasteiger partial charge is 0.326 e. The van der Waals surface area contributed by atoms with E-state index in [9.17, 15) is 20.0 Å². The van der Waals surface area contributed by atoms with Crippen molar-refractivity contribution in [2.24, 2.45) is 0 Å². The first-order valence-corrected chi connectivity index (χ1v) is 6.36. The summed E-state index contributed by atoms with van der Waals surface area (Å²) in [5.41, 5.74) is 0.514. The summed E-state index contributed by atoms with van der Waals surface area (Å²) in [5, 5.41) is 20.1. The number of nitro groups is 1. The van der Waals surface area contributed by atoms with Gasteiger partial charge in [-0.05, 0) is 25.3 Å². The largest absolute Gasteiger partial charge is 0.490 e. The number of ether oxygens (including phenoxy) is 1. The molecule has 0 aliphatic carbocycles. The van der Waals surface area contributed by atoms with Crippen LogP contribution in [0.3, 0.4) is 0 Å². The highest BCUT2D eigenvalue weighted by molar-refractivity contribution is 5.79. The van der Waals surface area contributed by atoms with Crippen LogP contribution in [0.5, 0.6) is 5.75 Å². The van der Waals surface area contributed by atoms with Crippen LogP contribution in [0.2, 0.25) is 0 Å². The normalized spacial score (nSPS) is 18.6. The first-order valence-electron chi connectivity index (χ1n) is 6.36. The van der Waals surface area contributed by atoms with Gasteiger partial charge in [0.05, 0.1) is 12.0 Å². The molecule has 1 atom stereocenters. The standard InChI is InChI=1S/C13H16N2O5/c1-20-12-8-9(5-6-10(12)15(18)19)14-7-3-2-4-11(14)13(16)17/h5-6,8,11H,2-4,7H2,1H3,(H,16,17). The SMILES string of the molecule is COc1cc(N2CCCCC2C(=O)O)ccc1[N+](=O)[O-]. The van der Waals surface area contributed by atoms with Gasteiger partial charge in [0.25, 0.3) is 0 Å². The molecule has 0 radical (unpaired) electrons. The number of rotatable bonds is 4. The molecule has 1 aliphatic rings. The monoisotopic (exact) mass is 280 g/mol. The molecule has 0 spiro atoms. The van der Waals surface area contributed by atoms with Crippen LogP contribution < -0.4 is 9.64 Å². The summed E-state index contributed by atoms with van der Waals surface area (Å²) < 4.78 is 5.02. The molecular weight excluding hydrogens is 264 g/mol. The highest BCUT2D eigenvalue weighted by Crippen LogP contribution is 2.33. The van der Waals surface area contributed by atoms with Gasteiger partial charge in [-0.1, -0.05) is 0 Å². The maximum absolute atomic E-state index is 11.3. The number of methoxy groups -OCH3 is 1. The lowest BCUT2D eigenvalue weighted by molar-refractivity contribution is -0.385. The van der Waals surface area contributed by atoms with Crippen molar-refractivity contribution in [2.75, 3.05) is 18.6 Å². The number of nitro benzene ring substituents is 1. The van der Waals surface area contributed by atoms with E-state index in [1.54, 1.807) is 11.0 Å². The molecule has 1 saturated heterocycles. The van der Waals surface area contributed by atoms with Crippen molar-refractivity contribution in [3.63, 3.8) is 0 Å². The molecule has 7 heteroatoms. The summed E-state index contributed by atoms with van der Waals surface area (Å²) in [5.74, 6) is -0.732. The Hall–Kier alpha value is -2.31. The second-order valence-electron chi connectivity index (χ2n) is 4.66. The number of aliphatic carboxylic acids is 1. The predicted molar refractivity (Wildman–Crippen MR) is 72.3 cm³/mol. The van der Waals surface area contributed by atoms with Crippen molar-refractivity contribution >= 4 is 17.3 Å². The number of hydrogen-bond donors (Lipinski definition) is 1. The van der Waals surface area contributed by atoms with E-state index in [0.717, 1.165) is 12.8 Å². The van der Waals surface area contributed by atoms with Gasteiger partial charge in [0.1, 0.15) is 6.04 Å². The lowest BCUT2D eigenvalue weighted by Gasteiger charge is -2.34. The fourth-order valence-electron chi connectivity index (χ4n) is 2.49. The van der Waals surface area contributed by atoms with E-state index >= 15 is 0 Å². The number of anilines is 1. The molecule has 1 aliphatic heterocycles. The van der Waals surface area contributed by atoms with Gasteiger partial charge in [-0.3, -0.25) is 10.1 Å². The van der Waals surface area contributed by atoms with Gasteiger partial charge in [0.2, 0.25) is 0 Å². The third-order valence-corrected chi connectivity index (χ3v) is 3.48. The zero-order chi connectivity index (χ0) is 14.7. The molecule has 0 amide bonds. The van der Waals surface area contributed by atoms with Crippen LogP contribution in [-0.2, 0) is 4.79 Å². The summed E-state index contributed by atoms with van der Waals surface area (Å²) >= 11 is 0. The Labute approximate surface area is 115 Å². The third kappa shape index (κ3) is 2.66. The molecule has 2 rings (SSSR count). The molecule has 20 heavy (non-hydrogen) atoms. The summed E-state index contributed by atoms with van der Waals surface area (Å²) in [6, 6.07) is 3.86. The second kappa shape index (κ2) is 5.77. The minimum Gasteiger partial charge on any atom is -0.490 e. The van der Waals surface area contributed by atoms with E-state index in [2.05, 4.69) is 0 Å². The molecule has 1 aromatic rings. The van der Waals surface area contributed by atoms with E-state index in [1.165, 1.54) is 19.2 Å². The average molecular weight is 280 g/mol. The van der Waals surface area contributed by atoms with E-state index in [1.807, 2.05) is 0 Å². The first-order chi connectivity index (χ1) is 9.54. The summed E-state index contributed by atoms with van der Waals surface area (Å²) in [6.07, 6.45) is 2.36. The second-order valence-corrected chi connectivity index (χ2v) is 4.66. The molecule has 1 fully saturated rings. The maximum atomic E-state index is 11.3. The van der Waals surface area contributed by atoms with Gasteiger partial charge in [-0.25, -0.2) is 4.79 Å². The lowest BCUT2D eigenvalue weighted by atomic mass is 10.0. The molecule has 0 bridgehead atoms. The molecule has 0 saturated carbocycles. The van der Waals surface area contributed by atoms with E-state index in [0.29, 0.717) is 18.7 Å². The van der Waals surface area contributed by atoms with Crippen molar-refractivity contribution in [3.8, 4) is 5.75 Å². The van der Waals surface area contributed by atoms with Crippen LogP contribution in [0.15, 0.2) is 18.2 Å². The topological polar surface area (TPSA) is 92.9 Å². The fraction of sp³-hybridized carbons (Fsp3) is 0.462. The molecule has 1 aromatic carbocycles. The Kier molecular flexibility index (Phi) is 4.07. The quantitative estimate of drug-likeness (QED) is 0.670. The Bertz CT molecular complexity index is 531. The third-order valence-electron chi connectivity index (χ3n) is 3.48. The van der Waals surface area contributed by atoms with Gasteiger partial charge in [-0.2, -0.15) is 0 Å². The van der Waals surface area contributed by atoms with Gasteiger partial charge in [0.15, 0.2) is 5.75 Å². The van der Waals surface area contributed by atoms with Gasteiger partial charge in [-0.15, -0.1) is 0 Å². The zero-order valence-corrected chi connectivity index (χ0v) is 11.1. The van der Waals surface area contributed by atoms with Crippen molar-refractivity contribution in [3.05, 3.63) is 28.3 Å². The number of carbonyl (C=O) groups is 1. The summed E-state index contributed by atoms with van der Waals surface area (Å²) in [6.45, 7) is 0.623. The Morgan fingerprint density at radius 2 is 2.25 bits per heavy atom. The highest BCUT2D eigenvalue weighted by atomic mass is 16.6. The van der Waals surface area contributed by atoms with E-state index < -0.39 is 16.9 Å². The van der Waals surface area contributed by atoms with Crippen LogP contribution in [0.25, 0.3) is 0 Å². The molecular formula is C13H16N2O5. The van der Waals surface area contributed by atoms with Crippen LogP contribution in [-0.4, -0.2) is 35.7 Å². The van der Waals surface area contributed by atoms with Crippen LogP contribution in [0.1, 0.15) is 19.3 Å². The summed E-state index contributed by atoms with van der Waals surface area (Å²) in [4.78, 5) is 23.4. The first kappa shape index (κ1) is 14.1. The fourth-order valence-corrected chi connectivity index (χ4v) is 2.49. The Balaban J connectivity index is 2.36. The van der Waals surface area contributed by atoms with Gasteiger partial charge < -0.3 is 14.7 Å². The highest BCUT2D eigenvalue weighted by Gasteiger charge is 2.29. The van der Waals surface area contributed by atoms with Crippen LogP contribution >= 0.6 is 0 Å². The molecule has 7 nitrogen and oxygen atoms in total. The van der Waals surface area contributed by atoms with Gasteiger partial charge >= 0.3 is 11.7 Å². The van der Waals surface area contributed by atoms with Crippen molar-refractivity contribution in [1.82, 2.24) is 0 Å². The maximum Gasteiger partial charge on any atom is 0.326 e. The minimum absolute atomic E-state index is 0.125.